The molecule has 0 amide bonds. The van der Waals surface area contributed by atoms with E-state index >= 15 is 0 Å². The number of piperazine rings is 1. The lowest BCUT2D eigenvalue weighted by atomic mass is 10.1. The van der Waals surface area contributed by atoms with Gasteiger partial charge in [0.1, 0.15) is 11.5 Å². The summed E-state index contributed by atoms with van der Waals surface area (Å²) >= 11 is 0. The number of halogens is 2. The Morgan fingerprint density at radius 3 is 2.06 bits per heavy atom. The molecule has 18 heavy (non-hydrogen) atoms. The Morgan fingerprint density at radius 2 is 1.56 bits per heavy atom. The van der Waals surface area contributed by atoms with E-state index in [1.54, 1.807) is 12.1 Å². The molecule has 1 fully saturated rings. The van der Waals surface area contributed by atoms with Gasteiger partial charge in [0.15, 0.2) is 0 Å². The van der Waals surface area contributed by atoms with Crippen molar-refractivity contribution in [2.24, 2.45) is 0 Å². The van der Waals surface area contributed by atoms with Crippen LogP contribution in [0.5, 0.6) is 11.5 Å². The van der Waals surface area contributed by atoms with Crippen LogP contribution in [0.25, 0.3) is 0 Å². The Hall–Kier alpha value is -0.680. The van der Waals surface area contributed by atoms with Gasteiger partial charge >= 0.3 is 0 Å². The summed E-state index contributed by atoms with van der Waals surface area (Å²) < 4.78 is 0. The first kappa shape index (κ1) is 17.3. The van der Waals surface area contributed by atoms with Crippen LogP contribution in [0, 0.1) is 0 Å². The van der Waals surface area contributed by atoms with Gasteiger partial charge in [0.05, 0.1) is 0 Å². The maximum Gasteiger partial charge on any atom is 0.119 e. The van der Waals surface area contributed by atoms with Crippen molar-refractivity contribution in [2.75, 3.05) is 26.2 Å². The molecule has 0 radical (unpaired) electrons. The van der Waals surface area contributed by atoms with Crippen LogP contribution in [0.3, 0.4) is 0 Å². The fraction of sp³-hybridized carbons (Fsp3) is 0.500. The highest BCUT2D eigenvalue weighted by Crippen LogP contribution is 2.28. The molecule has 1 aromatic carbocycles. The summed E-state index contributed by atoms with van der Waals surface area (Å²) in [5.41, 5.74) is 0.958. The highest BCUT2D eigenvalue weighted by molar-refractivity contribution is 5.85. The molecular formula is C12H20Cl2N2O2. The summed E-state index contributed by atoms with van der Waals surface area (Å²) in [6, 6.07) is 5.01. The van der Waals surface area contributed by atoms with Crippen LogP contribution in [0.1, 0.15) is 18.5 Å². The topological polar surface area (TPSA) is 55.7 Å². The Labute approximate surface area is 120 Å². The largest absolute Gasteiger partial charge is 0.508 e. The van der Waals surface area contributed by atoms with Crippen molar-refractivity contribution in [2.45, 2.75) is 13.0 Å². The normalized spacial score (nSPS) is 17.4. The zero-order valence-electron chi connectivity index (χ0n) is 10.3. The smallest absolute Gasteiger partial charge is 0.119 e. The number of aromatic hydroxyl groups is 2. The van der Waals surface area contributed by atoms with Crippen LogP contribution in [0.4, 0.5) is 0 Å². The van der Waals surface area contributed by atoms with Gasteiger partial charge in [-0.2, -0.15) is 0 Å². The molecular weight excluding hydrogens is 275 g/mol. The second kappa shape index (κ2) is 7.69. The lowest BCUT2D eigenvalue weighted by Gasteiger charge is -2.33. The van der Waals surface area contributed by atoms with E-state index in [0.29, 0.717) is 0 Å². The molecule has 3 N–H and O–H groups in total. The first-order chi connectivity index (χ1) is 7.66. The molecule has 0 aliphatic carbocycles. The Morgan fingerprint density at radius 1 is 1.06 bits per heavy atom. The molecule has 1 aliphatic heterocycles. The van der Waals surface area contributed by atoms with Crippen molar-refractivity contribution in [3.05, 3.63) is 23.8 Å². The number of benzene rings is 1. The summed E-state index contributed by atoms with van der Waals surface area (Å²) in [5, 5.41) is 22.2. The first-order valence-electron chi connectivity index (χ1n) is 5.64. The van der Waals surface area contributed by atoms with Gasteiger partial charge < -0.3 is 15.5 Å². The minimum Gasteiger partial charge on any atom is -0.508 e. The summed E-state index contributed by atoms with van der Waals surface area (Å²) in [5.74, 6) is 0.244. The molecule has 0 unspecified atom stereocenters. The van der Waals surface area contributed by atoms with Gasteiger partial charge in [0, 0.05) is 38.3 Å². The molecule has 6 heteroatoms. The molecule has 0 aromatic heterocycles. The predicted octanol–water partition coefficient (Wildman–Crippen LogP) is 1.91. The van der Waals surface area contributed by atoms with Gasteiger partial charge in [-0.3, -0.25) is 4.90 Å². The molecule has 0 spiro atoms. The van der Waals surface area contributed by atoms with Crippen molar-refractivity contribution in [1.82, 2.24) is 10.2 Å². The molecule has 1 atom stereocenters. The van der Waals surface area contributed by atoms with Crippen molar-refractivity contribution in [1.29, 1.82) is 0 Å². The van der Waals surface area contributed by atoms with Gasteiger partial charge in [0.25, 0.3) is 0 Å². The van der Waals surface area contributed by atoms with Gasteiger partial charge in [-0.15, -0.1) is 24.8 Å². The van der Waals surface area contributed by atoms with Crippen LogP contribution in [-0.4, -0.2) is 41.3 Å². The zero-order chi connectivity index (χ0) is 11.5. The fourth-order valence-electron chi connectivity index (χ4n) is 2.14. The van der Waals surface area contributed by atoms with Crippen molar-refractivity contribution in [3.8, 4) is 11.5 Å². The molecule has 0 saturated carbocycles. The maximum atomic E-state index is 9.45. The average Bonchev–Trinajstić information content (AvgIpc) is 2.28. The third-order valence-corrected chi connectivity index (χ3v) is 3.11. The Balaban J connectivity index is 0.00000144. The van der Waals surface area contributed by atoms with E-state index in [-0.39, 0.29) is 42.4 Å². The van der Waals surface area contributed by atoms with E-state index in [9.17, 15) is 10.2 Å². The Bertz CT molecular complexity index is 351. The average molecular weight is 295 g/mol. The maximum absolute atomic E-state index is 9.45. The third-order valence-electron chi connectivity index (χ3n) is 3.11. The zero-order valence-corrected chi connectivity index (χ0v) is 11.9. The highest BCUT2D eigenvalue weighted by Gasteiger charge is 2.18. The minimum absolute atomic E-state index is 0. The molecule has 4 nitrogen and oxygen atoms in total. The number of phenols is 2. The lowest BCUT2D eigenvalue weighted by molar-refractivity contribution is 0.185. The number of phenolic OH excluding ortho intramolecular Hbond substituents is 2. The van der Waals surface area contributed by atoms with Gasteiger partial charge in [0.2, 0.25) is 0 Å². The van der Waals surface area contributed by atoms with Crippen LogP contribution >= 0.6 is 24.8 Å². The first-order valence-corrected chi connectivity index (χ1v) is 5.64. The van der Waals surface area contributed by atoms with Crippen LogP contribution in [-0.2, 0) is 0 Å². The fourth-order valence-corrected chi connectivity index (χ4v) is 2.14. The van der Waals surface area contributed by atoms with Gasteiger partial charge in [-0.1, -0.05) is 0 Å². The van der Waals surface area contributed by atoms with Gasteiger partial charge in [-0.05, 0) is 24.6 Å². The summed E-state index contributed by atoms with van der Waals surface area (Å²) in [7, 11) is 0. The van der Waals surface area contributed by atoms with Crippen molar-refractivity contribution < 1.29 is 10.2 Å². The van der Waals surface area contributed by atoms with E-state index in [1.165, 1.54) is 6.07 Å². The number of hydrogen-bond donors (Lipinski definition) is 3. The molecule has 2 rings (SSSR count). The highest BCUT2D eigenvalue weighted by atomic mass is 35.5. The number of rotatable bonds is 2. The van der Waals surface area contributed by atoms with Crippen LogP contribution in [0.15, 0.2) is 18.2 Å². The van der Waals surface area contributed by atoms with Crippen LogP contribution < -0.4 is 5.32 Å². The second-order valence-corrected chi connectivity index (χ2v) is 4.24. The van der Waals surface area contributed by atoms with E-state index < -0.39 is 0 Å². The van der Waals surface area contributed by atoms with E-state index in [4.69, 9.17) is 0 Å². The summed E-state index contributed by atoms with van der Waals surface area (Å²) in [6.45, 7) is 6.08. The summed E-state index contributed by atoms with van der Waals surface area (Å²) in [6.07, 6.45) is 0. The number of nitrogens with zero attached hydrogens (tertiary/aromatic N) is 1. The second-order valence-electron chi connectivity index (χ2n) is 4.24. The molecule has 1 heterocycles. The standard InChI is InChI=1S/C12H18N2O2.2ClH/c1-9(14-4-2-13-3-5-14)10-6-11(15)8-12(16)7-10;;/h6-9,13,15-16H,2-5H2,1H3;2*1H/t9-;;/m1../s1. The monoisotopic (exact) mass is 294 g/mol. The third kappa shape index (κ3) is 4.21. The molecule has 1 aromatic rings. The van der Waals surface area contributed by atoms with E-state index in [2.05, 4.69) is 17.1 Å². The minimum atomic E-state index is 0. The van der Waals surface area contributed by atoms with Gasteiger partial charge in [-0.25, -0.2) is 0 Å². The molecule has 104 valence electrons. The van der Waals surface area contributed by atoms with Crippen LogP contribution in [0.2, 0.25) is 0 Å². The lowest BCUT2D eigenvalue weighted by Crippen LogP contribution is -2.44. The number of hydrogen-bond acceptors (Lipinski definition) is 4. The van der Waals surface area contributed by atoms with Crippen molar-refractivity contribution >= 4 is 24.8 Å². The Kier molecular flexibility index (Phi) is 7.40. The molecule has 1 saturated heterocycles. The SMILES string of the molecule is C[C@H](c1cc(O)cc(O)c1)N1CCNCC1.Cl.Cl. The summed E-state index contributed by atoms with van der Waals surface area (Å²) in [4.78, 5) is 2.34. The van der Waals surface area contributed by atoms with E-state index in [0.717, 1.165) is 31.7 Å². The number of nitrogens with one attached hydrogen (secondary N) is 1. The molecule has 0 bridgehead atoms. The molecule has 1 aliphatic rings. The van der Waals surface area contributed by atoms with Crippen molar-refractivity contribution in [3.63, 3.8) is 0 Å². The predicted molar refractivity (Wildman–Crippen MR) is 77.1 cm³/mol. The quantitative estimate of drug-likeness (QED) is 0.780. The van der Waals surface area contributed by atoms with E-state index in [1.807, 2.05) is 0 Å².